The molecule has 1 aliphatic carbocycles. The molecule has 1 saturated carbocycles. The van der Waals surface area contributed by atoms with Gasteiger partial charge in [-0.2, -0.15) is 0 Å². The molecule has 0 aromatic heterocycles. The number of rotatable bonds is 9. The molecule has 1 N–H and O–H groups in total. The Morgan fingerprint density at radius 2 is 1.65 bits per heavy atom. The van der Waals surface area contributed by atoms with Gasteiger partial charge in [-0.05, 0) is 47.4 Å². The van der Waals surface area contributed by atoms with Crippen molar-refractivity contribution in [3.63, 3.8) is 0 Å². The first-order chi connectivity index (χ1) is 18.1. The second kappa shape index (κ2) is 13.9. The van der Waals surface area contributed by atoms with Gasteiger partial charge in [-0.25, -0.2) is 0 Å². The summed E-state index contributed by atoms with van der Waals surface area (Å²) in [5.41, 5.74) is 5.52. The van der Waals surface area contributed by atoms with E-state index in [9.17, 15) is 14.4 Å². The lowest BCUT2D eigenvalue weighted by Crippen LogP contribution is -2.18. The molecule has 1 heterocycles. The van der Waals surface area contributed by atoms with E-state index >= 15 is 0 Å². The van der Waals surface area contributed by atoms with Gasteiger partial charge in [0, 0.05) is 12.2 Å². The number of hydrogen-bond acceptors (Lipinski definition) is 6. The molecule has 7 heteroatoms. The van der Waals surface area contributed by atoms with Crippen molar-refractivity contribution in [1.29, 1.82) is 0 Å². The van der Waals surface area contributed by atoms with Gasteiger partial charge in [0.1, 0.15) is 6.29 Å². The molecule has 5 rings (SSSR count). The first kappa shape index (κ1) is 26.8. The summed E-state index contributed by atoms with van der Waals surface area (Å²) >= 11 is 1.01. The van der Waals surface area contributed by atoms with Crippen LogP contribution in [0.25, 0.3) is 11.1 Å². The van der Waals surface area contributed by atoms with E-state index in [1.807, 2.05) is 30.3 Å². The van der Waals surface area contributed by atoms with Crippen LogP contribution in [-0.4, -0.2) is 35.9 Å². The lowest BCUT2D eigenvalue weighted by Gasteiger charge is -2.15. The number of thioether (sulfide) groups is 1. The molecule has 1 unspecified atom stereocenters. The van der Waals surface area contributed by atoms with Crippen molar-refractivity contribution in [2.45, 2.75) is 38.6 Å². The van der Waals surface area contributed by atoms with Crippen molar-refractivity contribution >= 4 is 29.2 Å². The third-order valence-corrected chi connectivity index (χ3v) is 7.15. The molecule has 6 nitrogen and oxygen atoms in total. The Morgan fingerprint density at radius 1 is 0.892 bits per heavy atom. The maximum absolute atomic E-state index is 10.7. The van der Waals surface area contributed by atoms with Gasteiger partial charge in [-0.15, -0.1) is 0 Å². The highest BCUT2D eigenvalue weighted by Gasteiger charge is 2.25. The average molecular weight is 518 g/mol. The highest BCUT2D eigenvalue weighted by molar-refractivity contribution is 8.14. The molecule has 1 saturated heterocycles. The number of benzene rings is 3. The minimum absolute atomic E-state index is 0.185. The second-order valence-corrected chi connectivity index (χ2v) is 10.1. The fourth-order valence-corrected chi connectivity index (χ4v) is 4.96. The number of carbonyl (C=O) groups is 3. The van der Waals surface area contributed by atoms with Gasteiger partial charge >= 0.3 is 0 Å². The lowest BCUT2D eigenvalue weighted by atomic mass is 10.0. The summed E-state index contributed by atoms with van der Waals surface area (Å²) in [5.74, 6) is 0.655. The van der Waals surface area contributed by atoms with Crippen LogP contribution in [0.1, 0.15) is 40.7 Å². The number of ether oxygens (including phenoxy) is 2. The van der Waals surface area contributed by atoms with Crippen molar-refractivity contribution in [2.75, 3.05) is 12.4 Å². The zero-order chi connectivity index (χ0) is 25.9. The summed E-state index contributed by atoms with van der Waals surface area (Å²) in [4.78, 5) is 30.9. The van der Waals surface area contributed by atoms with E-state index in [1.54, 1.807) is 0 Å². The van der Waals surface area contributed by atoms with Crippen LogP contribution < -0.4 is 5.32 Å². The van der Waals surface area contributed by atoms with Gasteiger partial charge in [0.15, 0.2) is 0 Å². The predicted octanol–water partition coefficient (Wildman–Crippen LogP) is 6.04. The SMILES string of the molecule is O=C1CSC(=O)N1.O=Cc1ccc(COC[C@H]2CCC(OCc3ccccc3-c3ccccc3)C2)cc1. The molecule has 2 fully saturated rings. The molecule has 2 aliphatic rings. The minimum Gasteiger partial charge on any atom is -0.376 e. The van der Waals surface area contributed by atoms with Crippen LogP contribution in [0.4, 0.5) is 4.79 Å². The Hall–Kier alpha value is -3.26. The Morgan fingerprint density at radius 3 is 2.32 bits per heavy atom. The third kappa shape index (κ3) is 8.39. The Kier molecular flexibility index (Phi) is 10.1. The Bertz CT molecular complexity index is 1170. The number of aldehydes is 1. The summed E-state index contributed by atoms with van der Waals surface area (Å²) in [6.45, 7) is 1.99. The van der Waals surface area contributed by atoms with Gasteiger partial charge in [0.2, 0.25) is 5.91 Å². The van der Waals surface area contributed by atoms with Crippen LogP contribution in [0.5, 0.6) is 0 Å². The molecule has 0 radical (unpaired) electrons. The number of imide groups is 1. The maximum atomic E-state index is 10.7. The predicted molar refractivity (Wildman–Crippen MR) is 145 cm³/mol. The van der Waals surface area contributed by atoms with Crippen LogP contribution in [0.15, 0.2) is 78.9 Å². The maximum Gasteiger partial charge on any atom is 0.286 e. The molecular weight excluding hydrogens is 486 g/mol. The zero-order valence-electron chi connectivity index (χ0n) is 20.6. The molecule has 2 atom stereocenters. The van der Waals surface area contributed by atoms with Crippen molar-refractivity contribution < 1.29 is 23.9 Å². The molecule has 37 heavy (non-hydrogen) atoms. The fraction of sp³-hybridized carbons (Fsp3) is 0.300. The number of amides is 2. The molecule has 0 bridgehead atoms. The fourth-order valence-electron chi connectivity index (χ4n) is 4.44. The summed E-state index contributed by atoms with van der Waals surface area (Å²) in [7, 11) is 0. The van der Waals surface area contributed by atoms with E-state index in [1.165, 1.54) is 16.7 Å². The first-order valence-corrected chi connectivity index (χ1v) is 13.4. The Labute approximate surface area is 221 Å². The largest absolute Gasteiger partial charge is 0.376 e. The standard InChI is InChI=1S/C27H28O3.C3H3NO2S/c28-17-21-10-12-22(13-11-21)18-29-19-23-14-15-26(16-23)30-20-25-8-4-5-9-27(25)24-6-2-1-3-7-24;5-2-1-7-3(6)4-2/h1-13,17,23,26H,14-16,18-20H2;1H2,(H,4,5,6)/t23-,26?;/m0./s1. The lowest BCUT2D eigenvalue weighted by molar-refractivity contribution is -0.117. The molecule has 3 aromatic rings. The van der Waals surface area contributed by atoms with E-state index in [-0.39, 0.29) is 11.1 Å². The van der Waals surface area contributed by atoms with Gasteiger partial charge in [0.25, 0.3) is 5.24 Å². The van der Waals surface area contributed by atoms with Gasteiger partial charge in [0.05, 0.1) is 25.1 Å². The monoisotopic (exact) mass is 517 g/mol. The molecule has 192 valence electrons. The molecule has 2 amide bonds. The van der Waals surface area contributed by atoms with E-state index in [0.717, 1.165) is 49.5 Å². The topological polar surface area (TPSA) is 81.7 Å². The van der Waals surface area contributed by atoms with E-state index < -0.39 is 0 Å². The number of nitrogens with one attached hydrogen (secondary N) is 1. The summed E-state index contributed by atoms with van der Waals surface area (Å²) in [5, 5.41) is 1.87. The van der Waals surface area contributed by atoms with Crippen molar-refractivity contribution in [3.05, 3.63) is 95.6 Å². The van der Waals surface area contributed by atoms with Crippen molar-refractivity contribution in [2.24, 2.45) is 5.92 Å². The summed E-state index contributed by atoms with van der Waals surface area (Å²) in [6.07, 6.45) is 4.46. The Balaban J connectivity index is 0.000000396. The summed E-state index contributed by atoms with van der Waals surface area (Å²) in [6, 6.07) is 26.6. The zero-order valence-corrected chi connectivity index (χ0v) is 21.5. The molecule has 1 aliphatic heterocycles. The number of carbonyl (C=O) groups excluding carboxylic acids is 3. The van der Waals surface area contributed by atoms with Gasteiger partial charge < -0.3 is 9.47 Å². The van der Waals surface area contributed by atoms with Crippen LogP contribution in [0, 0.1) is 5.92 Å². The third-order valence-electron chi connectivity index (χ3n) is 6.38. The highest BCUT2D eigenvalue weighted by atomic mass is 32.2. The normalized spacial score (nSPS) is 18.7. The van der Waals surface area contributed by atoms with Crippen LogP contribution in [0.3, 0.4) is 0 Å². The van der Waals surface area contributed by atoms with E-state index in [0.29, 0.717) is 36.6 Å². The van der Waals surface area contributed by atoms with Gasteiger partial charge in [-0.1, -0.05) is 90.6 Å². The van der Waals surface area contributed by atoms with Crippen molar-refractivity contribution in [3.8, 4) is 11.1 Å². The molecule has 0 spiro atoms. The first-order valence-electron chi connectivity index (χ1n) is 12.4. The van der Waals surface area contributed by atoms with Crippen LogP contribution in [0.2, 0.25) is 0 Å². The van der Waals surface area contributed by atoms with Crippen LogP contribution >= 0.6 is 11.8 Å². The van der Waals surface area contributed by atoms with Crippen molar-refractivity contribution in [1.82, 2.24) is 5.32 Å². The highest BCUT2D eigenvalue weighted by Crippen LogP contribution is 2.30. The molecular formula is C30H31NO5S. The van der Waals surface area contributed by atoms with Crippen LogP contribution in [-0.2, 0) is 27.5 Å². The second-order valence-electron chi connectivity index (χ2n) is 9.13. The quantitative estimate of drug-likeness (QED) is 0.349. The van der Waals surface area contributed by atoms with E-state index in [2.05, 4.69) is 53.8 Å². The van der Waals surface area contributed by atoms with Gasteiger partial charge in [-0.3, -0.25) is 19.7 Å². The summed E-state index contributed by atoms with van der Waals surface area (Å²) < 4.78 is 12.2. The number of hydrogen-bond donors (Lipinski definition) is 1. The minimum atomic E-state index is -0.231. The average Bonchev–Trinajstić information content (AvgIpc) is 3.56. The molecule has 3 aromatic carbocycles. The smallest absolute Gasteiger partial charge is 0.286 e. The van der Waals surface area contributed by atoms with E-state index in [4.69, 9.17) is 9.47 Å².